The summed E-state index contributed by atoms with van der Waals surface area (Å²) in [6, 6.07) is 0. The largest absolute Gasteiger partial charge is 0.481 e. The predicted molar refractivity (Wildman–Crippen MR) is 58.2 cm³/mol. The Balaban J connectivity index is 2.62. The zero-order valence-corrected chi connectivity index (χ0v) is 9.82. The third-order valence-electron chi connectivity index (χ3n) is 2.84. The fourth-order valence-corrected chi connectivity index (χ4v) is 2.02. The minimum absolute atomic E-state index is 0.0415. The average molecular weight is 243 g/mol. The molecule has 1 fully saturated rings. The van der Waals surface area contributed by atoms with Crippen LogP contribution in [0.3, 0.4) is 0 Å². The molecule has 1 rings (SSSR count). The maximum Gasteiger partial charge on any atom is 0.308 e. The van der Waals surface area contributed by atoms with E-state index < -0.39 is 17.5 Å². The van der Waals surface area contributed by atoms with E-state index in [9.17, 15) is 14.4 Å². The van der Waals surface area contributed by atoms with Crippen LogP contribution in [0.2, 0.25) is 0 Å². The molecule has 0 aromatic carbocycles. The summed E-state index contributed by atoms with van der Waals surface area (Å²) in [7, 11) is 0. The molecule has 1 aliphatic rings. The molecule has 96 valence electrons. The number of esters is 1. The molecule has 0 spiro atoms. The van der Waals surface area contributed by atoms with Gasteiger partial charge in [0.1, 0.15) is 0 Å². The molecule has 2 N–H and O–H groups in total. The van der Waals surface area contributed by atoms with E-state index in [2.05, 4.69) is 5.32 Å². The van der Waals surface area contributed by atoms with Gasteiger partial charge in [0, 0.05) is 12.8 Å². The number of nitrogens with one attached hydrogen (secondary N) is 1. The van der Waals surface area contributed by atoms with Gasteiger partial charge >= 0.3 is 11.9 Å². The van der Waals surface area contributed by atoms with E-state index in [4.69, 9.17) is 9.84 Å². The Labute approximate surface area is 99.3 Å². The van der Waals surface area contributed by atoms with Crippen molar-refractivity contribution in [2.75, 3.05) is 6.61 Å². The lowest BCUT2D eigenvalue weighted by Gasteiger charge is -2.27. The Kier molecular flexibility index (Phi) is 4.48. The van der Waals surface area contributed by atoms with Gasteiger partial charge in [-0.3, -0.25) is 14.4 Å². The standard InChI is InChI=1S/C11H17NO5/c1-2-17-10(16)7-11(6-4-9(14)15)5-3-8(13)12-11/h2-7H2,1H3,(H,12,13)(H,14,15). The molecule has 1 amide bonds. The third-order valence-corrected chi connectivity index (χ3v) is 2.84. The van der Waals surface area contributed by atoms with E-state index in [1.165, 1.54) is 0 Å². The summed E-state index contributed by atoms with van der Waals surface area (Å²) in [4.78, 5) is 33.2. The minimum atomic E-state index is -0.936. The quantitative estimate of drug-likeness (QED) is 0.661. The zero-order chi connectivity index (χ0) is 12.9. The van der Waals surface area contributed by atoms with Crippen molar-refractivity contribution in [3.8, 4) is 0 Å². The summed E-state index contributed by atoms with van der Waals surface area (Å²) in [5.41, 5.74) is -0.734. The molecule has 6 heteroatoms. The predicted octanol–water partition coefficient (Wildman–Crippen LogP) is 0.453. The number of carbonyl (C=O) groups is 3. The first-order chi connectivity index (χ1) is 7.97. The van der Waals surface area contributed by atoms with Gasteiger partial charge < -0.3 is 15.2 Å². The Bertz CT molecular complexity index is 328. The number of aliphatic carboxylic acids is 1. The lowest BCUT2D eigenvalue weighted by atomic mass is 9.88. The van der Waals surface area contributed by atoms with E-state index in [0.29, 0.717) is 12.8 Å². The van der Waals surface area contributed by atoms with E-state index in [-0.39, 0.29) is 31.8 Å². The summed E-state index contributed by atoms with van der Waals surface area (Å²) in [6.45, 7) is 1.98. The van der Waals surface area contributed by atoms with Crippen LogP contribution in [0.5, 0.6) is 0 Å². The first kappa shape index (κ1) is 13.5. The highest BCUT2D eigenvalue weighted by molar-refractivity contribution is 5.82. The maximum absolute atomic E-state index is 11.4. The van der Waals surface area contributed by atoms with Crippen LogP contribution >= 0.6 is 0 Å². The number of carboxylic acid groups (broad SMARTS) is 1. The molecular weight excluding hydrogens is 226 g/mol. The minimum Gasteiger partial charge on any atom is -0.481 e. The molecule has 0 aromatic heterocycles. The van der Waals surface area contributed by atoms with E-state index in [1.54, 1.807) is 6.92 Å². The van der Waals surface area contributed by atoms with Crippen LogP contribution < -0.4 is 5.32 Å². The van der Waals surface area contributed by atoms with Crippen LogP contribution in [-0.4, -0.2) is 35.1 Å². The number of rotatable bonds is 6. The number of hydrogen-bond acceptors (Lipinski definition) is 4. The van der Waals surface area contributed by atoms with Crippen molar-refractivity contribution in [3.05, 3.63) is 0 Å². The summed E-state index contributed by atoms with van der Waals surface area (Å²) < 4.78 is 4.83. The molecule has 1 aliphatic heterocycles. The van der Waals surface area contributed by atoms with Crippen molar-refractivity contribution in [2.45, 2.75) is 44.6 Å². The molecule has 0 radical (unpaired) electrons. The number of carbonyl (C=O) groups excluding carboxylic acids is 2. The van der Waals surface area contributed by atoms with Crippen molar-refractivity contribution in [1.82, 2.24) is 5.32 Å². The first-order valence-corrected chi connectivity index (χ1v) is 5.66. The highest BCUT2D eigenvalue weighted by atomic mass is 16.5. The smallest absolute Gasteiger partial charge is 0.308 e. The Morgan fingerprint density at radius 2 is 2.24 bits per heavy atom. The third kappa shape index (κ3) is 4.05. The van der Waals surface area contributed by atoms with Crippen molar-refractivity contribution >= 4 is 17.8 Å². The SMILES string of the molecule is CCOC(=O)CC1(CCC(=O)O)CCC(=O)N1. The molecule has 0 aromatic rings. The number of amides is 1. The lowest BCUT2D eigenvalue weighted by Crippen LogP contribution is -2.44. The van der Waals surface area contributed by atoms with Crippen LogP contribution in [0.25, 0.3) is 0 Å². The topological polar surface area (TPSA) is 92.7 Å². The summed E-state index contributed by atoms with van der Waals surface area (Å²) >= 11 is 0. The summed E-state index contributed by atoms with van der Waals surface area (Å²) in [5.74, 6) is -1.48. The van der Waals surface area contributed by atoms with Gasteiger partial charge in [-0.2, -0.15) is 0 Å². The fraction of sp³-hybridized carbons (Fsp3) is 0.727. The second-order valence-electron chi connectivity index (χ2n) is 4.20. The molecule has 0 aliphatic carbocycles. The average Bonchev–Trinajstić information content (AvgIpc) is 2.58. The monoisotopic (exact) mass is 243 g/mol. The van der Waals surface area contributed by atoms with Crippen molar-refractivity contribution in [2.24, 2.45) is 0 Å². The highest BCUT2D eigenvalue weighted by Crippen LogP contribution is 2.29. The molecule has 0 saturated carbocycles. The molecule has 17 heavy (non-hydrogen) atoms. The molecule has 1 atom stereocenters. The number of hydrogen-bond donors (Lipinski definition) is 2. The van der Waals surface area contributed by atoms with Gasteiger partial charge in [-0.25, -0.2) is 0 Å². The first-order valence-electron chi connectivity index (χ1n) is 5.66. The summed E-state index contributed by atoms with van der Waals surface area (Å²) in [6.07, 6.45) is 1.05. The normalized spacial score (nSPS) is 23.2. The van der Waals surface area contributed by atoms with Gasteiger partial charge in [0.15, 0.2) is 0 Å². The highest BCUT2D eigenvalue weighted by Gasteiger charge is 2.40. The van der Waals surface area contributed by atoms with Gasteiger partial charge in [0.2, 0.25) is 5.91 Å². The van der Waals surface area contributed by atoms with Gasteiger partial charge in [-0.15, -0.1) is 0 Å². The van der Waals surface area contributed by atoms with Crippen LogP contribution in [0, 0.1) is 0 Å². The van der Waals surface area contributed by atoms with Crippen molar-refractivity contribution in [3.63, 3.8) is 0 Å². The van der Waals surface area contributed by atoms with E-state index >= 15 is 0 Å². The molecule has 6 nitrogen and oxygen atoms in total. The van der Waals surface area contributed by atoms with E-state index in [0.717, 1.165) is 0 Å². The van der Waals surface area contributed by atoms with Gasteiger partial charge in [0.05, 0.1) is 18.6 Å². The number of carboxylic acids is 1. The molecule has 1 unspecified atom stereocenters. The molecule has 1 heterocycles. The fourth-order valence-electron chi connectivity index (χ4n) is 2.02. The second-order valence-corrected chi connectivity index (χ2v) is 4.20. The van der Waals surface area contributed by atoms with Gasteiger partial charge in [-0.05, 0) is 19.8 Å². The van der Waals surface area contributed by atoms with Crippen LogP contribution in [-0.2, 0) is 19.1 Å². The molecular formula is C11H17NO5. The molecule has 1 saturated heterocycles. The number of ether oxygens (including phenoxy) is 1. The van der Waals surface area contributed by atoms with Crippen molar-refractivity contribution in [1.29, 1.82) is 0 Å². The van der Waals surface area contributed by atoms with Crippen LogP contribution in [0.15, 0.2) is 0 Å². The lowest BCUT2D eigenvalue weighted by molar-refractivity contribution is -0.146. The second kappa shape index (κ2) is 5.65. The molecule has 0 bridgehead atoms. The maximum atomic E-state index is 11.4. The van der Waals surface area contributed by atoms with Crippen LogP contribution in [0.4, 0.5) is 0 Å². The van der Waals surface area contributed by atoms with Gasteiger partial charge in [-0.1, -0.05) is 0 Å². The van der Waals surface area contributed by atoms with Crippen LogP contribution in [0.1, 0.15) is 39.0 Å². The summed E-state index contributed by atoms with van der Waals surface area (Å²) in [5, 5.41) is 11.4. The zero-order valence-electron chi connectivity index (χ0n) is 9.82. The van der Waals surface area contributed by atoms with E-state index in [1.807, 2.05) is 0 Å². The van der Waals surface area contributed by atoms with Gasteiger partial charge in [0.25, 0.3) is 0 Å². The Morgan fingerprint density at radius 3 is 2.71 bits per heavy atom. The Hall–Kier alpha value is -1.59. The Morgan fingerprint density at radius 1 is 1.53 bits per heavy atom. The van der Waals surface area contributed by atoms with Crippen molar-refractivity contribution < 1.29 is 24.2 Å².